The molecule has 114 valence electrons. The van der Waals surface area contributed by atoms with Gasteiger partial charge in [0.15, 0.2) is 0 Å². The molecule has 1 heterocycles. The van der Waals surface area contributed by atoms with Crippen molar-refractivity contribution in [2.75, 3.05) is 20.1 Å². The lowest BCUT2D eigenvalue weighted by molar-refractivity contribution is 0.0661. The van der Waals surface area contributed by atoms with Gasteiger partial charge in [-0.25, -0.2) is 0 Å². The molecule has 3 nitrogen and oxygen atoms in total. The van der Waals surface area contributed by atoms with E-state index < -0.39 is 0 Å². The molecule has 21 heavy (non-hydrogen) atoms. The number of carbonyl (C=O) groups is 1. The summed E-state index contributed by atoms with van der Waals surface area (Å²) in [7, 11) is 2.20. The van der Waals surface area contributed by atoms with E-state index in [0.717, 1.165) is 18.9 Å². The maximum absolute atomic E-state index is 12.4. The van der Waals surface area contributed by atoms with Crippen LogP contribution in [0.25, 0.3) is 0 Å². The van der Waals surface area contributed by atoms with Crippen LogP contribution in [-0.4, -0.2) is 37.0 Å². The molecular formula is C17H23ClN2O. The predicted molar refractivity (Wildman–Crippen MR) is 85.7 cm³/mol. The van der Waals surface area contributed by atoms with E-state index in [9.17, 15) is 4.79 Å². The van der Waals surface area contributed by atoms with Gasteiger partial charge in [-0.05, 0) is 62.9 Å². The van der Waals surface area contributed by atoms with Gasteiger partial charge in [0.1, 0.15) is 0 Å². The molecule has 1 aliphatic heterocycles. The number of halogens is 1. The maximum atomic E-state index is 12.4. The lowest BCUT2D eigenvalue weighted by Crippen LogP contribution is -2.51. The number of hydrogen-bond donors (Lipinski definition) is 1. The Kier molecular flexibility index (Phi) is 4.51. The molecule has 4 heteroatoms. The molecule has 1 saturated carbocycles. The number of fused-ring (bicyclic) bond motifs is 1. The average molecular weight is 307 g/mol. The van der Waals surface area contributed by atoms with Crippen LogP contribution in [0.1, 0.15) is 36.0 Å². The van der Waals surface area contributed by atoms with Gasteiger partial charge in [0, 0.05) is 23.2 Å². The van der Waals surface area contributed by atoms with Crippen molar-refractivity contribution >= 4 is 17.5 Å². The minimum atomic E-state index is 0.0158. The number of rotatable bonds is 2. The third-order valence-corrected chi connectivity index (χ3v) is 5.24. The number of benzene rings is 1. The molecule has 2 fully saturated rings. The van der Waals surface area contributed by atoms with Crippen LogP contribution in [0.4, 0.5) is 0 Å². The van der Waals surface area contributed by atoms with Gasteiger partial charge in [0.05, 0.1) is 0 Å². The smallest absolute Gasteiger partial charge is 0.251 e. The fourth-order valence-electron chi connectivity index (χ4n) is 3.94. The fraction of sp³-hybridized carbons (Fsp3) is 0.588. The first-order valence-corrected chi connectivity index (χ1v) is 8.26. The van der Waals surface area contributed by atoms with Crippen molar-refractivity contribution in [1.29, 1.82) is 0 Å². The van der Waals surface area contributed by atoms with Crippen molar-refractivity contribution in [3.05, 3.63) is 34.9 Å². The Morgan fingerprint density at radius 3 is 3.00 bits per heavy atom. The topological polar surface area (TPSA) is 32.3 Å². The average Bonchev–Trinajstić information content (AvgIpc) is 2.47. The highest BCUT2D eigenvalue weighted by Gasteiger charge is 2.37. The summed E-state index contributed by atoms with van der Waals surface area (Å²) < 4.78 is 0. The van der Waals surface area contributed by atoms with E-state index in [-0.39, 0.29) is 5.91 Å². The zero-order valence-electron chi connectivity index (χ0n) is 12.5. The van der Waals surface area contributed by atoms with Gasteiger partial charge in [-0.1, -0.05) is 24.1 Å². The number of nitrogens with one attached hydrogen (secondary N) is 1. The zero-order valence-corrected chi connectivity index (χ0v) is 13.3. The van der Waals surface area contributed by atoms with Crippen molar-refractivity contribution < 1.29 is 4.79 Å². The standard InChI is InChI=1S/C17H23ClN2O/c1-20-9-8-15-13(11-20)5-3-7-16(15)19-17(21)12-4-2-6-14(18)10-12/h2,4,6,10,13,15-16H,3,5,7-9,11H2,1H3,(H,19,21). The fourth-order valence-corrected chi connectivity index (χ4v) is 4.13. The summed E-state index contributed by atoms with van der Waals surface area (Å²) in [4.78, 5) is 14.8. The van der Waals surface area contributed by atoms with Crippen molar-refractivity contribution in [3.63, 3.8) is 0 Å². The second-order valence-electron chi connectivity index (χ2n) is 6.50. The molecule has 1 aromatic carbocycles. The number of carbonyl (C=O) groups excluding carboxylic acids is 1. The van der Waals surface area contributed by atoms with Gasteiger partial charge >= 0.3 is 0 Å². The number of nitrogens with zero attached hydrogens (tertiary/aromatic N) is 1. The number of amides is 1. The van der Waals surface area contributed by atoms with Crippen molar-refractivity contribution in [3.8, 4) is 0 Å². The summed E-state index contributed by atoms with van der Waals surface area (Å²) in [6.07, 6.45) is 4.83. The highest BCUT2D eigenvalue weighted by molar-refractivity contribution is 6.30. The molecule has 1 saturated heterocycles. The van der Waals surface area contributed by atoms with E-state index in [1.807, 2.05) is 12.1 Å². The Morgan fingerprint density at radius 2 is 2.19 bits per heavy atom. The molecule has 0 radical (unpaired) electrons. The lowest BCUT2D eigenvalue weighted by atomic mass is 9.72. The quantitative estimate of drug-likeness (QED) is 0.910. The molecule has 1 N–H and O–H groups in total. The van der Waals surface area contributed by atoms with E-state index in [4.69, 9.17) is 11.6 Å². The van der Waals surface area contributed by atoms with Gasteiger partial charge in [-0.3, -0.25) is 4.79 Å². The van der Waals surface area contributed by atoms with Gasteiger partial charge in [-0.15, -0.1) is 0 Å². The molecule has 1 aromatic rings. The molecule has 3 unspecified atom stereocenters. The first kappa shape index (κ1) is 14.9. The molecule has 2 aliphatic rings. The summed E-state index contributed by atoms with van der Waals surface area (Å²) >= 11 is 5.97. The largest absolute Gasteiger partial charge is 0.349 e. The van der Waals surface area contributed by atoms with E-state index in [1.54, 1.807) is 12.1 Å². The molecule has 0 spiro atoms. The van der Waals surface area contributed by atoms with Gasteiger partial charge in [0.25, 0.3) is 5.91 Å². The molecule has 1 amide bonds. The first-order valence-electron chi connectivity index (χ1n) is 7.88. The third-order valence-electron chi connectivity index (χ3n) is 5.01. The highest BCUT2D eigenvalue weighted by atomic mass is 35.5. The summed E-state index contributed by atoms with van der Waals surface area (Å²) in [5.74, 6) is 1.39. The second kappa shape index (κ2) is 6.37. The van der Waals surface area contributed by atoms with Crippen LogP contribution < -0.4 is 5.32 Å². The van der Waals surface area contributed by atoms with Crippen molar-refractivity contribution in [2.45, 2.75) is 31.7 Å². The number of piperidine rings is 1. The van der Waals surface area contributed by atoms with Crippen LogP contribution in [-0.2, 0) is 0 Å². The molecule has 3 rings (SSSR count). The predicted octanol–water partition coefficient (Wildman–Crippen LogP) is 3.19. The summed E-state index contributed by atoms with van der Waals surface area (Å²) in [6, 6.07) is 7.52. The first-order chi connectivity index (χ1) is 10.1. The normalized spacial score (nSPS) is 29.7. The van der Waals surface area contributed by atoms with Crippen LogP contribution in [0.3, 0.4) is 0 Å². The number of hydrogen-bond acceptors (Lipinski definition) is 2. The Morgan fingerprint density at radius 1 is 1.33 bits per heavy atom. The van der Waals surface area contributed by atoms with E-state index >= 15 is 0 Å². The van der Waals surface area contributed by atoms with E-state index in [0.29, 0.717) is 22.5 Å². The number of likely N-dealkylation sites (tertiary alicyclic amines) is 1. The minimum Gasteiger partial charge on any atom is -0.349 e. The Balaban J connectivity index is 1.67. The third kappa shape index (κ3) is 3.41. The minimum absolute atomic E-state index is 0.0158. The second-order valence-corrected chi connectivity index (χ2v) is 6.93. The van der Waals surface area contributed by atoms with Crippen LogP contribution in [0.2, 0.25) is 5.02 Å². The molecule has 1 aliphatic carbocycles. The van der Waals surface area contributed by atoms with Crippen LogP contribution in [0.5, 0.6) is 0 Å². The molecular weight excluding hydrogens is 284 g/mol. The van der Waals surface area contributed by atoms with E-state index in [1.165, 1.54) is 25.8 Å². The zero-order chi connectivity index (χ0) is 14.8. The van der Waals surface area contributed by atoms with Crippen molar-refractivity contribution in [1.82, 2.24) is 10.2 Å². The van der Waals surface area contributed by atoms with Crippen LogP contribution in [0.15, 0.2) is 24.3 Å². The monoisotopic (exact) mass is 306 g/mol. The Bertz CT molecular complexity index is 519. The van der Waals surface area contributed by atoms with Crippen molar-refractivity contribution in [2.24, 2.45) is 11.8 Å². The summed E-state index contributed by atoms with van der Waals surface area (Å²) in [5, 5.41) is 3.87. The van der Waals surface area contributed by atoms with Gasteiger partial charge in [-0.2, -0.15) is 0 Å². The highest BCUT2D eigenvalue weighted by Crippen LogP contribution is 2.36. The SMILES string of the molecule is CN1CCC2C(CCCC2NC(=O)c2cccc(Cl)c2)C1. The Hall–Kier alpha value is -1.06. The molecule has 3 atom stereocenters. The van der Waals surface area contributed by atoms with E-state index in [2.05, 4.69) is 17.3 Å². The Labute approximate surface area is 131 Å². The lowest BCUT2D eigenvalue weighted by Gasteiger charge is -2.44. The maximum Gasteiger partial charge on any atom is 0.251 e. The summed E-state index contributed by atoms with van der Waals surface area (Å²) in [5.41, 5.74) is 0.664. The van der Waals surface area contributed by atoms with Gasteiger partial charge < -0.3 is 10.2 Å². The van der Waals surface area contributed by atoms with Gasteiger partial charge in [0.2, 0.25) is 0 Å². The molecule has 0 aromatic heterocycles. The molecule has 0 bridgehead atoms. The van der Waals surface area contributed by atoms with Crippen LogP contribution >= 0.6 is 11.6 Å². The van der Waals surface area contributed by atoms with Crippen LogP contribution in [0, 0.1) is 11.8 Å². The summed E-state index contributed by atoms with van der Waals surface area (Å²) in [6.45, 7) is 2.32.